The Morgan fingerprint density at radius 1 is 0.743 bits per heavy atom. The maximum atomic E-state index is 6.36. The highest BCUT2D eigenvalue weighted by atomic mass is 35.5. The van der Waals surface area contributed by atoms with Crippen molar-refractivity contribution in [3.8, 4) is 0 Å². The van der Waals surface area contributed by atoms with Crippen molar-refractivity contribution >= 4 is 58.4 Å². The highest BCUT2D eigenvalue weighted by Crippen LogP contribution is 2.44. The topological polar surface area (TPSA) is 160 Å². The van der Waals surface area contributed by atoms with Crippen LogP contribution in [-0.2, 0) is 0 Å². The van der Waals surface area contributed by atoms with Crippen molar-refractivity contribution in [2.75, 3.05) is 9.80 Å². The van der Waals surface area contributed by atoms with Gasteiger partial charge in [-0.3, -0.25) is 9.80 Å². The lowest BCUT2D eigenvalue weighted by atomic mass is 9.78. The van der Waals surface area contributed by atoms with Crippen molar-refractivity contribution in [3.05, 3.63) is 58.6 Å². The molecular weight excluding hydrogens is 487 g/mol. The standard InChI is InChI=1S/C23H26Cl2N10/c24-14-1-5-16(6-2-14)34-18(30-19(26)31-21(34)28)13-9-11-23(12-10-13)33-20(27)32-22(29)35(23)17-7-3-15(25)4-8-17/h1-8,13,18H,9-12H2,(H4,26,28,30,31)(H4,27,29,32,33). The van der Waals surface area contributed by atoms with Crippen molar-refractivity contribution in [1.29, 1.82) is 0 Å². The minimum absolute atomic E-state index is 0.132. The maximum Gasteiger partial charge on any atom is 0.220 e. The number of hydrogen-bond acceptors (Lipinski definition) is 10. The second-order valence-corrected chi connectivity index (χ2v) is 9.66. The first-order chi connectivity index (χ1) is 16.8. The van der Waals surface area contributed by atoms with Gasteiger partial charge in [0.2, 0.25) is 23.8 Å². The van der Waals surface area contributed by atoms with E-state index in [4.69, 9.17) is 51.1 Å². The molecule has 3 aliphatic rings. The molecule has 2 heterocycles. The molecule has 5 rings (SSSR count). The van der Waals surface area contributed by atoms with Crippen LogP contribution in [0.2, 0.25) is 10.0 Å². The number of benzene rings is 2. The minimum Gasteiger partial charge on any atom is -0.369 e. The molecule has 1 aliphatic carbocycles. The fraction of sp³-hybridized carbons (Fsp3) is 0.304. The van der Waals surface area contributed by atoms with E-state index in [9.17, 15) is 0 Å². The van der Waals surface area contributed by atoms with E-state index in [0.717, 1.165) is 24.2 Å². The van der Waals surface area contributed by atoms with Crippen molar-refractivity contribution in [2.45, 2.75) is 37.5 Å². The summed E-state index contributed by atoms with van der Waals surface area (Å²) in [7, 11) is 0. The monoisotopic (exact) mass is 512 g/mol. The average Bonchev–Trinajstić information content (AvgIpc) is 2.81. The number of rotatable bonds is 3. The van der Waals surface area contributed by atoms with Gasteiger partial charge in [0.1, 0.15) is 11.8 Å². The van der Waals surface area contributed by atoms with E-state index in [-0.39, 0.29) is 24.0 Å². The summed E-state index contributed by atoms with van der Waals surface area (Å²) < 4.78 is 0. The summed E-state index contributed by atoms with van der Waals surface area (Å²) in [6, 6.07) is 14.8. The summed E-state index contributed by atoms with van der Waals surface area (Å²) in [5, 5.41) is 1.27. The van der Waals surface area contributed by atoms with Crippen LogP contribution in [-0.4, -0.2) is 35.7 Å². The van der Waals surface area contributed by atoms with Crippen molar-refractivity contribution < 1.29 is 0 Å². The number of anilines is 2. The van der Waals surface area contributed by atoms with E-state index in [1.165, 1.54) is 0 Å². The molecule has 2 aliphatic heterocycles. The first-order valence-corrected chi connectivity index (χ1v) is 12.0. The largest absolute Gasteiger partial charge is 0.369 e. The van der Waals surface area contributed by atoms with Gasteiger partial charge < -0.3 is 22.9 Å². The molecule has 2 aromatic carbocycles. The van der Waals surface area contributed by atoms with Gasteiger partial charge in [-0.25, -0.2) is 9.98 Å². The van der Waals surface area contributed by atoms with Crippen LogP contribution in [0, 0.1) is 5.92 Å². The predicted octanol–water partition coefficient (Wildman–Crippen LogP) is 2.80. The number of guanidine groups is 4. The van der Waals surface area contributed by atoms with Crippen molar-refractivity contribution in [2.24, 2.45) is 48.8 Å². The van der Waals surface area contributed by atoms with Crippen LogP contribution in [0.5, 0.6) is 0 Å². The molecule has 1 spiro atoms. The molecule has 1 fully saturated rings. The Bertz CT molecular complexity index is 1230. The predicted molar refractivity (Wildman–Crippen MR) is 143 cm³/mol. The Morgan fingerprint density at radius 3 is 1.89 bits per heavy atom. The van der Waals surface area contributed by atoms with Crippen molar-refractivity contribution in [3.63, 3.8) is 0 Å². The summed E-state index contributed by atoms with van der Waals surface area (Å²) in [5.74, 6) is 1.07. The second-order valence-electron chi connectivity index (χ2n) is 8.79. The van der Waals surface area contributed by atoms with Gasteiger partial charge in [-0.15, -0.1) is 0 Å². The third-order valence-electron chi connectivity index (χ3n) is 6.64. The summed E-state index contributed by atoms with van der Waals surface area (Å²) >= 11 is 12.2. The van der Waals surface area contributed by atoms with Gasteiger partial charge in [-0.05, 0) is 74.2 Å². The van der Waals surface area contributed by atoms with E-state index in [1.54, 1.807) is 0 Å². The molecule has 1 saturated carbocycles. The quantitative estimate of drug-likeness (QED) is 0.494. The van der Waals surface area contributed by atoms with Gasteiger partial charge in [0.25, 0.3) is 0 Å². The summed E-state index contributed by atoms with van der Waals surface area (Å²) in [6.45, 7) is 0. The summed E-state index contributed by atoms with van der Waals surface area (Å²) in [4.78, 5) is 21.7. The van der Waals surface area contributed by atoms with Crippen LogP contribution >= 0.6 is 23.2 Å². The molecule has 10 nitrogen and oxygen atoms in total. The lowest BCUT2D eigenvalue weighted by molar-refractivity contribution is 0.218. The smallest absolute Gasteiger partial charge is 0.220 e. The molecule has 0 amide bonds. The highest BCUT2D eigenvalue weighted by Gasteiger charge is 2.47. The Morgan fingerprint density at radius 2 is 1.29 bits per heavy atom. The molecule has 0 bridgehead atoms. The fourth-order valence-electron chi connectivity index (χ4n) is 5.10. The second kappa shape index (κ2) is 8.94. The van der Waals surface area contributed by atoms with Crippen LogP contribution < -0.4 is 32.7 Å². The van der Waals surface area contributed by atoms with Crippen LogP contribution in [0.3, 0.4) is 0 Å². The van der Waals surface area contributed by atoms with Crippen molar-refractivity contribution in [1.82, 2.24) is 0 Å². The van der Waals surface area contributed by atoms with E-state index in [0.29, 0.717) is 34.8 Å². The summed E-state index contributed by atoms with van der Waals surface area (Å²) in [6.07, 6.45) is 2.58. The molecule has 0 radical (unpaired) electrons. The molecule has 1 unspecified atom stereocenters. The highest BCUT2D eigenvalue weighted by molar-refractivity contribution is 6.31. The number of aliphatic imine (C=N–C) groups is 4. The molecule has 12 heteroatoms. The van der Waals surface area contributed by atoms with Crippen LogP contribution in [0.1, 0.15) is 25.7 Å². The Labute approximate surface area is 213 Å². The first kappa shape index (κ1) is 23.3. The van der Waals surface area contributed by atoms with Gasteiger partial charge in [0.15, 0.2) is 0 Å². The number of nitrogens with two attached hydrogens (primary N) is 4. The summed E-state index contributed by atoms with van der Waals surface area (Å²) in [5.41, 5.74) is 25.8. The van der Waals surface area contributed by atoms with E-state index in [2.05, 4.69) is 15.0 Å². The maximum absolute atomic E-state index is 6.36. The number of halogens is 2. The lowest BCUT2D eigenvalue weighted by Gasteiger charge is -2.48. The Balaban J connectivity index is 1.43. The number of nitrogens with zero attached hydrogens (tertiary/aromatic N) is 6. The fourth-order valence-corrected chi connectivity index (χ4v) is 5.35. The Kier molecular flexibility index (Phi) is 5.94. The number of hydrogen-bond donors (Lipinski definition) is 4. The van der Waals surface area contributed by atoms with Gasteiger partial charge in [-0.1, -0.05) is 23.2 Å². The minimum atomic E-state index is -0.658. The lowest BCUT2D eigenvalue weighted by Crippen LogP contribution is -2.60. The van der Waals surface area contributed by atoms with Gasteiger partial charge in [0, 0.05) is 27.3 Å². The zero-order valence-electron chi connectivity index (χ0n) is 18.9. The molecule has 8 N–H and O–H groups in total. The van der Waals surface area contributed by atoms with Gasteiger partial charge in [-0.2, -0.15) is 9.98 Å². The average molecular weight is 513 g/mol. The van der Waals surface area contributed by atoms with Crippen LogP contribution in [0.15, 0.2) is 68.5 Å². The molecule has 182 valence electrons. The molecule has 35 heavy (non-hydrogen) atoms. The Hall–Kier alpha value is -3.50. The molecule has 2 aromatic rings. The normalized spacial score (nSPS) is 26.7. The zero-order valence-corrected chi connectivity index (χ0v) is 20.4. The molecular formula is C23H26Cl2N10. The van der Waals surface area contributed by atoms with E-state index >= 15 is 0 Å². The molecule has 1 atom stereocenters. The van der Waals surface area contributed by atoms with Gasteiger partial charge >= 0.3 is 0 Å². The first-order valence-electron chi connectivity index (χ1n) is 11.2. The SMILES string of the molecule is NC1=NC(C2CCC3(CC2)N=C(N)N=C(N)N3c2ccc(Cl)cc2)N(c2ccc(Cl)cc2)C(N)=N1. The van der Waals surface area contributed by atoms with E-state index in [1.807, 2.05) is 58.3 Å². The van der Waals surface area contributed by atoms with Crippen LogP contribution in [0.25, 0.3) is 0 Å². The zero-order chi connectivity index (χ0) is 24.7. The third-order valence-corrected chi connectivity index (χ3v) is 7.15. The van der Waals surface area contributed by atoms with Crippen LogP contribution in [0.4, 0.5) is 11.4 Å². The van der Waals surface area contributed by atoms with E-state index < -0.39 is 5.66 Å². The van der Waals surface area contributed by atoms with Gasteiger partial charge in [0.05, 0.1) is 0 Å². The molecule has 0 aromatic heterocycles. The third kappa shape index (κ3) is 4.35. The molecule has 0 saturated heterocycles.